The number of ketones is 1. The van der Waals surface area contributed by atoms with Crippen molar-refractivity contribution in [3.05, 3.63) is 143 Å². The molecule has 0 amide bonds. The number of Topliss-reactive ketones (excluding diaryl/α,β-unsaturated/α-hetero) is 1. The number of benzene rings is 4. The fourth-order valence-corrected chi connectivity index (χ4v) is 6.07. The van der Waals surface area contributed by atoms with E-state index in [1.165, 1.54) is 0 Å². The van der Waals surface area contributed by atoms with Gasteiger partial charge in [0, 0.05) is 11.1 Å². The monoisotopic (exact) mass is 497 g/mol. The van der Waals surface area contributed by atoms with Crippen LogP contribution >= 0.6 is 0 Å². The van der Waals surface area contributed by atoms with Gasteiger partial charge in [-0.3, -0.25) is 9.80 Å². The number of aliphatic imine (C=N–C) groups is 1. The van der Waals surface area contributed by atoms with Crippen LogP contribution in [0.2, 0.25) is 0 Å². The smallest absolute Gasteiger partial charge is 0.344 e. The van der Waals surface area contributed by atoms with E-state index in [-0.39, 0.29) is 11.7 Å². The molecule has 1 spiro atoms. The predicted molar refractivity (Wildman–Crippen MR) is 144 cm³/mol. The van der Waals surface area contributed by atoms with Gasteiger partial charge in [0.15, 0.2) is 11.3 Å². The highest BCUT2D eigenvalue weighted by Crippen LogP contribution is 2.58. The molecule has 3 aliphatic heterocycles. The quantitative estimate of drug-likeness (QED) is 0.288. The van der Waals surface area contributed by atoms with Crippen LogP contribution in [0.4, 0.5) is 0 Å². The minimum Gasteiger partial charge on any atom is -0.405 e. The summed E-state index contributed by atoms with van der Waals surface area (Å²) in [4.78, 5) is 33.6. The molecule has 0 N–H and O–H groups in total. The molecule has 0 aliphatic carbocycles. The Hall–Kier alpha value is -4.84. The summed E-state index contributed by atoms with van der Waals surface area (Å²) in [6.07, 6.45) is 1.76. The Morgan fingerprint density at radius 1 is 0.789 bits per heavy atom. The Balaban J connectivity index is 1.52. The second-order valence-corrected chi connectivity index (χ2v) is 9.72. The molecule has 1 fully saturated rings. The zero-order valence-electron chi connectivity index (χ0n) is 20.3. The van der Waals surface area contributed by atoms with Crippen LogP contribution in [0.25, 0.3) is 0 Å². The highest BCUT2D eigenvalue weighted by molar-refractivity contribution is 6.11. The average Bonchev–Trinajstić information content (AvgIpc) is 3.49. The second kappa shape index (κ2) is 8.63. The summed E-state index contributed by atoms with van der Waals surface area (Å²) < 4.78 is 5.96. The third-order valence-electron chi connectivity index (χ3n) is 7.69. The Morgan fingerprint density at radius 2 is 1.42 bits per heavy atom. The molecule has 6 nitrogen and oxygen atoms in total. The molecule has 6 heteroatoms. The van der Waals surface area contributed by atoms with Crippen LogP contribution < -0.4 is 0 Å². The van der Waals surface area contributed by atoms with Crippen LogP contribution in [0.15, 0.2) is 125 Å². The molecule has 0 radical (unpaired) electrons. The van der Waals surface area contributed by atoms with Gasteiger partial charge in [-0.1, -0.05) is 103 Å². The van der Waals surface area contributed by atoms with E-state index >= 15 is 0 Å². The standard InChI is InChI=1S/C32H23N3O3/c36-28(22-14-6-2-7-15-22)27-26(21-12-4-1-5-13-21)32(29-25-19-11-10-18-24(25)20-33-35(27)29)31(37)38-30(34-32)23-16-8-3-9-17-23/h1-20,26-27,29H/t26-,27+,29?,32+/m1/s1. The second-order valence-electron chi connectivity index (χ2n) is 9.72. The third kappa shape index (κ3) is 3.20. The lowest BCUT2D eigenvalue weighted by molar-refractivity contribution is -0.140. The first-order chi connectivity index (χ1) is 18.7. The first kappa shape index (κ1) is 22.4. The van der Waals surface area contributed by atoms with Crippen molar-refractivity contribution in [2.45, 2.75) is 23.5 Å². The number of hydrazone groups is 1. The summed E-state index contributed by atoms with van der Waals surface area (Å²) in [5, 5.41) is 6.58. The molecular formula is C32H23N3O3. The van der Waals surface area contributed by atoms with Gasteiger partial charge in [-0.2, -0.15) is 5.10 Å². The lowest BCUT2D eigenvalue weighted by atomic mass is 9.72. The lowest BCUT2D eigenvalue weighted by Crippen LogP contribution is -2.44. The van der Waals surface area contributed by atoms with E-state index in [9.17, 15) is 9.59 Å². The van der Waals surface area contributed by atoms with Crippen molar-refractivity contribution in [2.24, 2.45) is 10.1 Å². The molecule has 4 aromatic carbocycles. The van der Waals surface area contributed by atoms with Crippen molar-refractivity contribution in [1.82, 2.24) is 5.01 Å². The minimum absolute atomic E-state index is 0.117. The van der Waals surface area contributed by atoms with Gasteiger partial charge >= 0.3 is 5.97 Å². The molecule has 184 valence electrons. The van der Waals surface area contributed by atoms with Gasteiger partial charge in [-0.25, -0.2) is 9.79 Å². The number of esters is 1. The van der Waals surface area contributed by atoms with Crippen molar-refractivity contribution < 1.29 is 14.3 Å². The predicted octanol–water partition coefficient (Wildman–Crippen LogP) is 5.17. The number of cyclic esters (lactones) is 1. The molecule has 0 aromatic heterocycles. The van der Waals surface area contributed by atoms with Gasteiger partial charge in [0.2, 0.25) is 5.90 Å². The lowest BCUT2D eigenvalue weighted by Gasteiger charge is -2.34. The number of fused-ring (bicyclic) bond motifs is 4. The first-order valence-corrected chi connectivity index (χ1v) is 12.6. The summed E-state index contributed by atoms with van der Waals surface area (Å²) in [5.41, 5.74) is 2.46. The maximum Gasteiger partial charge on any atom is 0.344 e. The molecule has 1 unspecified atom stereocenters. The highest BCUT2D eigenvalue weighted by atomic mass is 16.6. The van der Waals surface area contributed by atoms with Crippen molar-refractivity contribution in [2.75, 3.05) is 0 Å². The number of hydrogen-bond donors (Lipinski definition) is 0. The molecule has 4 atom stereocenters. The van der Waals surface area contributed by atoms with Crippen LogP contribution in [-0.4, -0.2) is 40.5 Å². The van der Waals surface area contributed by atoms with E-state index in [0.29, 0.717) is 11.1 Å². The van der Waals surface area contributed by atoms with E-state index in [4.69, 9.17) is 14.8 Å². The maximum atomic E-state index is 14.3. The van der Waals surface area contributed by atoms with E-state index < -0.39 is 29.5 Å². The summed E-state index contributed by atoms with van der Waals surface area (Å²) in [6.45, 7) is 0. The molecule has 1 saturated heterocycles. The van der Waals surface area contributed by atoms with Crippen LogP contribution in [-0.2, 0) is 9.53 Å². The molecule has 0 bridgehead atoms. The zero-order chi connectivity index (χ0) is 25.7. The van der Waals surface area contributed by atoms with Gasteiger partial charge in [0.25, 0.3) is 0 Å². The fourth-order valence-electron chi connectivity index (χ4n) is 6.07. The van der Waals surface area contributed by atoms with E-state index in [2.05, 4.69) is 0 Å². The molecular weight excluding hydrogens is 474 g/mol. The van der Waals surface area contributed by atoms with Crippen molar-refractivity contribution in [3.8, 4) is 0 Å². The number of nitrogens with zero attached hydrogens (tertiary/aromatic N) is 3. The third-order valence-corrected chi connectivity index (χ3v) is 7.69. The summed E-state index contributed by atoms with van der Waals surface area (Å²) >= 11 is 0. The van der Waals surface area contributed by atoms with Crippen LogP contribution in [0.3, 0.4) is 0 Å². The maximum absolute atomic E-state index is 14.3. The number of carbonyl (C=O) groups excluding carboxylic acids is 2. The van der Waals surface area contributed by atoms with E-state index in [1.54, 1.807) is 23.4 Å². The topological polar surface area (TPSA) is 71.3 Å². The highest BCUT2D eigenvalue weighted by Gasteiger charge is 2.70. The zero-order valence-corrected chi connectivity index (χ0v) is 20.3. The van der Waals surface area contributed by atoms with Crippen molar-refractivity contribution in [3.63, 3.8) is 0 Å². The first-order valence-electron chi connectivity index (χ1n) is 12.6. The number of hydrogen-bond acceptors (Lipinski definition) is 6. The van der Waals surface area contributed by atoms with E-state index in [1.807, 2.05) is 103 Å². The summed E-state index contributed by atoms with van der Waals surface area (Å²) in [5.74, 6) is -0.973. The normalized spacial score (nSPS) is 25.1. The van der Waals surface area contributed by atoms with Crippen LogP contribution in [0.5, 0.6) is 0 Å². The molecule has 4 aromatic rings. The van der Waals surface area contributed by atoms with Crippen molar-refractivity contribution >= 4 is 23.9 Å². The average molecular weight is 498 g/mol. The van der Waals surface area contributed by atoms with Gasteiger partial charge in [-0.15, -0.1) is 0 Å². The Labute approximate surface area is 219 Å². The summed E-state index contributed by atoms with van der Waals surface area (Å²) in [7, 11) is 0. The molecule has 7 rings (SSSR count). The minimum atomic E-state index is -1.42. The fraction of sp³-hybridized carbons (Fsp3) is 0.125. The Kier molecular flexibility index (Phi) is 5.08. The Bertz CT molecular complexity index is 1600. The van der Waals surface area contributed by atoms with Crippen LogP contribution in [0, 0.1) is 0 Å². The van der Waals surface area contributed by atoms with Crippen molar-refractivity contribution in [1.29, 1.82) is 0 Å². The molecule has 38 heavy (non-hydrogen) atoms. The molecule has 3 heterocycles. The van der Waals surface area contributed by atoms with Gasteiger partial charge in [0.1, 0.15) is 12.1 Å². The molecule has 3 aliphatic rings. The SMILES string of the molecule is O=C(c1ccccc1)[C@@H]1[C@@H](c2ccccc2)[C@]2(N=C(c3ccccc3)OC2=O)C2c3ccccc3C=NN21. The number of rotatable bonds is 4. The largest absolute Gasteiger partial charge is 0.405 e. The van der Waals surface area contributed by atoms with Crippen LogP contribution in [0.1, 0.15) is 44.6 Å². The van der Waals surface area contributed by atoms with Gasteiger partial charge < -0.3 is 4.74 Å². The van der Waals surface area contributed by atoms with Gasteiger partial charge in [0.05, 0.1) is 12.1 Å². The molecule has 0 saturated carbocycles. The van der Waals surface area contributed by atoms with E-state index in [0.717, 1.165) is 16.7 Å². The number of ether oxygens (including phenoxy) is 1. The summed E-state index contributed by atoms with van der Waals surface area (Å²) in [6, 6.07) is 34.7. The van der Waals surface area contributed by atoms with Gasteiger partial charge in [-0.05, 0) is 28.8 Å². The number of carbonyl (C=O) groups is 2. The Morgan fingerprint density at radius 3 is 2.16 bits per heavy atom.